The molecule has 5 heteroatoms. The summed E-state index contributed by atoms with van der Waals surface area (Å²) >= 11 is 0. The smallest absolute Gasteiger partial charge is 0.173 e. The average molecular weight is 747 g/mol. The second-order valence-corrected chi connectivity index (χ2v) is 15.7. The van der Waals surface area contributed by atoms with E-state index >= 15 is 0 Å². The summed E-state index contributed by atoms with van der Waals surface area (Å²) in [7, 11) is 0. The molecule has 58 heavy (non-hydrogen) atoms. The second kappa shape index (κ2) is 12.6. The van der Waals surface area contributed by atoms with Crippen LogP contribution in [-0.4, -0.2) is 16.2 Å². The van der Waals surface area contributed by atoms with Gasteiger partial charge in [-0.1, -0.05) is 159 Å². The number of nitrogens with zero attached hydrogens (tertiary/aromatic N) is 3. The number of aliphatic imine (C=N–C) groups is 2. The van der Waals surface area contributed by atoms with E-state index in [0.717, 1.165) is 51.1 Å². The molecule has 5 nitrogen and oxygen atoms in total. The van der Waals surface area contributed by atoms with E-state index in [1.54, 1.807) is 0 Å². The zero-order chi connectivity index (χ0) is 38.4. The first-order valence-corrected chi connectivity index (χ1v) is 20.1. The summed E-state index contributed by atoms with van der Waals surface area (Å²) in [6.45, 7) is 2.25. The van der Waals surface area contributed by atoms with E-state index in [0.29, 0.717) is 0 Å². The monoisotopic (exact) mass is 746 g/mol. The van der Waals surface area contributed by atoms with Crippen LogP contribution in [0.4, 0.5) is 0 Å². The zero-order valence-electron chi connectivity index (χ0n) is 31.9. The van der Waals surface area contributed by atoms with Crippen molar-refractivity contribution in [2.24, 2.45) is 21.8 Å². The van der Waals surface area contributed by atoms with Gasteiger partial charge in [0.05, 0.1) is 16.4 Å². The SMILES string of the molecule is CC1C=CC=CC1C1=NC(c2cccc3c2Oc2ccccc2C32c3ccccc3-c3cc4c5ccccc5n(-c5ccccc5)c4cc32)N=C(c2ccccc2)N1. The molecule has 0 saturated heterocycles. The van der Waals surface area contributed by atoms with Gasteiger partial charge in [0.25, 0.3) is 0 Å². The summed E-state index contributed by atoms with van der Waals surface area (Å²) < 4.78 is 9.58. The van der Waals surface area contributed by atoms with Gasteiger partial charge in [0.1, 0.15) is 23.2 Å². The van der Waals surface area contributed by atoms with Gasteiger partial charge in [-0.2, -0.15) is 0 Å². The standard InChI is InChI=1S/C53H38N4O/c1-33-17-8-9-22-36(33)51-54-50(34-18-4-2-5-19-34)55-52(56-51)39-25-16-28-44-49(39)58-48-30-15-13-27-43(48)53(44)42-26-12-10-23-37(42)40-31-41-38-24-11-14-29-46(38)57(47(41)32-45(40)53)35-20-6-3-7-21-35/h2-33,36,52H,1H3,(H,54,55,56). The van der Waals surface area contributed by atoms with Gasteiger partial charge in [-0.05, 0) is 64.6 Å². The Kier molecular flexibility index (Phi) is 7.18. The number of amidine groups is 2. The van der Waals surface area contributed by atoms with E-state index in [1.165, 1.54) is 44.1 Å². The number of hydrogen-bond donors (Lipinski definition) is 1. The maximum absolute atomic E-state index is 7.16. The Morgan fingerprint density at radius 3 is 2.17 bits per heavy atom. The van der Waals surface area contributed by atoms with E-state index < -0.39 is 11.6 Å². The highest BCUT2D eigenvalue weighted by molar-refractivity contribution is 6.13. The summed E-state index contributed by atoms with van der Waals surface area (Å²) in [5, 5.41) is 6.13. The minimum Gasteiger partial charge on any atom is -0.456 e. The van der Waals surface area contributed by atoms with Gasteiger partial charge >= 0.3 is 0 Å². The lowest BCUT2D eigenvalue weighted by atomic mass is 9.65. The maximum atomic E-state index is 7.16. The van der Waals surface area contributed by atoms with E-state index in [1.807, 2.05) is 6.07 Å². The maximum Gasteiger partial charge on any atom is 0.173 e. The number of hydrogen-bond acceptors (Lipinski definition) is 4. The highest BCUT2D eigenvalue weighted by atomic mass is 16.5. The third-order valence-corrected chi connectivity index (χ3v) is 12.6. The van der Waals surface area contributed by atoms with Gasteiger partial charge in [0.15, 0.2) is 6.17 Å². The molecule has 1 aromatic heterocycles. The van der Waals surface area contributed by atoms with Gasteiger partial charge in [-0.25, -0.2) is 9.98 Å². The van der Waals surface area contributed by atoms with Gasteiger partial charge in [-0.15, -0.1) is 0 Å². The van der Waals surface area contributed by atoms with Gasteiger partial charge in [-0.3, -0.25) is 0 Å². The first kappa shape index (κ1) is 33.0. The van der Waals surface area contributed by atoms with Crippen LogP contribution >= 0.6 is 0 Å². The lowest BCUT2D eigenvalue weighted by molar-refractivity contribution is 0.426. The molecule has 0 fully saturated rings. The van der Waals surface area contributed by atoms with Gasteiger partial charge < -0.3 is 14.6 Å². The molecular weight excluding hydrogens is 709 g/mol. The highest BCUT2D eigenvalue weighted by Crippen LogP contribution is 2.63. The van der Waals surface area contributed by atoms with E-state index in [-0.39, 0.29) is 11.8 Å². The van der Waals surface area contributed by atoms with Gasteiger partial charge in [0.2, 0.25) is 0 Å². The predicted octanol–water partition coefficient (Wildman–Crippen LogP) is 12.1. The zero-order valence-corrected chi connectivity index (χ0v) is 31.9. The summed E-state index contributed by atoms with van der Waals surface area (Å²) in [5.41, 5.74) is 12.0. The number of aromatic nitrogens is 1. The average Bonchev–Trinajstić information content (AvgIpc) is 3.76. The molecule has 276 valence electrons. The van der Waals surface area contributed by atoms with E-state index in [9.17, 15) is 0 Å². The van der Waals surface area contributed by atoms with Crippen molar-refractivity contribution < 1.29 is 4.74 Å². The van der Waals surface area contributed by atoms with Crippen LogP contribution in [-0.2, 0) is 5.41 Å². The topological polar surface area (TPSA) is 50.9 Å². The Bertz CT molecular complexity index is 3100. The molecule has 2 aliphatic heterocycles. The van der Waals surface area contributed by atoms with Crippen molar-refractivity contribution in [1.29, 1.82) is 0 Å². The molecule has 7 aromatic carbocycles. The largest absolute Gasteiger partial charge is 0.456 e. The number of ether oxygens (including phenoxy) is 1. The number of allylic oxidation sites excluding steroid dienone is 3. The van der Waals surface area contributed by atoms with E-state index in [4.69, 9.17) is 14.7 Å². The van der Waals surface area contributed by atoms with Crippen LogP contribution in [0.1, 0.15) is 46.5 Å². The van der Waals surface area contributed by atoms with Crippen molar-refractivity contribution in [2.75, 3.05) is 0 Å². The van der Waals surface area contributed by atoms with Crippen molar-refractivity contribution in [1.82, 2.24) is 9.88 Å². The molecule has 4 atom stereocenters. The van der Waals surface area contributed by atoms with Crippen LogP contribution in [0.2, 0.25) is 0 Å². The fraction of sp³-hybridized carbons (Fsp3) is 0.0943. The number of nitrogens with one attached hydrogen (secondary N) is 1. The van der Waals surface area contributed by atoms with Crippen molar-refractivity contribution in [3.63, 3.8) is 0 Å². The molecule has 1 spiro atoms. The summed E-state index contributed by atoms with van der Waals surface area (Å²) in [6, 6.07) is 58.9. The minimum absolute atomic E-state index is 0.0848. The number of benzene rings is 7. The van der Waals surface area contributed by atoms with Crippen molar-refractivity contribution in [3.8, 4) is 28.3 Å². The van der Waals surface area contributed by atoms with Crippen LogP contribution in [0.3, 0.4) is 0 Å². The number of para-hydroxylation sites is 4. The number of fused-ring (bicyclic) bond motifs is 12. The highest BCUT2D eigenvalue weighted by Gasteiger charge is 2.52. The van der Waals surface area contributed by atoms with Crippen molar-refractivity contribution in [2.45, 2.75) is 18.5 Å². The van der Waals surface area contributed by atoms with Crippen LogP contribution in [0.25, 0.3) is 38.6 Å². The van der Waals surface area contributed by atoms with Crippen LogP contribution < -0.4 is 10.1 Å². The molecule has 8 aromatic rings. The number of rotatable bonds is 4. The molecule has 0 saturated carbocycles. The van der Waals surface area contributed by atoms with Crippen LogP contribution in [0.15, 0.2) is 198 Å². The minimum atomic E-state index is -0.672. The van der Waals surface area contributed by atoms with Crippen LogP contribution in [0, 0.1) is 11.8 Å². The Balaban J connectivity index is 1.15. The first-order valence-electron chi connectivity index (χ1n) is 20.1. The molecule has 0 bridgehead atoms. The molecule has 0 radical (unpaired) electrons. The lowest BCUT2D eigenvalue weighted by Crippen LogP contribution is -2.41. The van der Waals surface area contributed by atoms with Crippen LogP contribution in [0.5, 0.6) is 11.5 Å². The summed E-state index contributed by atoms with van der Waals surface area (Å²) in [6.07, 6.45) is 8.20. The third-order valence-electron chi connectivity index (χ3n) is 12.6. The van der Waals surface area contributed by atoms with Gasteiger partial charge in [0, 0.05) is 44.6 Å². The van der Waals surface area contributed by atoms with Crippen molar-refractivity contribution >= 4 is 33.5 Å². The Hall–Kier alpha value is -7.24. The second-order valence-electron chi connectivity index (χ2n) is 15.7. The molecule has 12 rings (SSSR count). The summed E-state index contributed by atoms with van der Waals surface area (Å²) in [4.78, 5) is 10.8. The quantitative estimate of drug-likeness (QED) is 0.195. The molecule has 4 aliphatic rings. The Morgan fingerprint density at radius 2 is 1.31 bits per heavy atom. The fourth-order valence-corrected chi connectivity index (χ4v) is 10.0. The molecule has 3 heterocycles. The normalized spacial score (nSPS) is 21.1. The molecular formula is C53H38N4O. The molecule has 2 aliphatic carbocycles. The molecule has 4 unspecified atom stereocenters. The molecule has 0 amide bonds. The predicted molar refractivity (Wildman–Crippen MR) is 235 cm³/mol. The third kappa shape index (κ3) is 4.64. The summed E-state index contributed by atoms with van der Waals surface area (Å²) in [5.74, 6) is 3.73. The van der Waals surface area contributed by atoms with Crippen molar-refractivity contribution in [3.05, 3.63) is 221 Å². The Labute approximate surface area is 337 Å². The lowest BCUT2D eigenvalue weighted by Gasteiger charge is -2.40. The van der Waals surface area contributed by atoms with E-state index in [2.05, 4.69) is 199 Å². The molecule has 1 N–H and O–H groups in total. The first-order chi connectivity index (χ1) is 28.7. The Morgan fingerprint density at radius 1 is 0.586 bits per heavy atom. The fourth-order valence-electron chi connectivity index (χ4n) is 10.0.